The number of Topliss-reactive ketones (excluding diaryl/α,β-unsaturated/α-hetero) is 1. The van der Waals surface area contributed by atoms with Crippen LogP contribution in [-0.4, -0.2) is 19.0 Å². The van der Waals surface area contributed by atoms with Gasteiger partial charge in [0.2, 0.25) is 0 Å². The van der Waals surface area contributed by atoms with Gasteiger partial charge in [-0.2, -0.15) is 0 Å². The molecule has 1 saturated carbocycles. The summed E-state index contributed by atoms with van der Waals surface area (Å²) in [6.45, 7) is 8.23. The molecule has 142 valence electrons. The number of ether oxygens (including phenoxy) is 2. The fraction of sp³-hybridized carbons (Fsp3) is 0.160. The SMILES string of the molecule is C=CCOc1ccc(/C=C2\CC/C(=C\c3ccc(OCC=C)cc3)C2=O)cc1. The van der Waals surface area contributed by atoms with E-state index in [0.29, 0.717) is 13.2 Å². The van der Waals surface area contributed by atoms with Crippen molar-refractivity contribution in [2.24, 2.45) is 0 Å². The van der Waals surface area contributed by atoms with Crippen molar-refractivity contribution in [3.05, 3.63) is 96.1 Å². The summed E-state index contributed by atoms with van der Waals surface area (Å²) in [7, 11) is 0. The lowest BCUT2D eigenvalue weighted by Crippen LogP contribution is -1.96. The van der Waals surface area contributed by atoms with Crippen LogP contribution in [0.2, 0.25) is 0 Å². The second-order valence-corrected chi connectivity index (χ2v) is 6.51. The van der Waals surface area contributed by atoms with E-state index in [4.69, 9.17) is 9.47 Å². The first-order chi connectivity index (χ1) is 13.7. The largest absolute Gasteiger partial charge is 0.490 e. The molecule has 0 aromatic heterocycles. The predicted octanol–water partition coefficient (Wildman–Crippen LogP) is 5.65. The van der Waals surface area contributed by atoms with E-state index in [1.807, 2.05) is 60.7 Å². The molecule has 0 unspecified atom stereocenters. The Hall–Kier alpha value is -3.33. The second-order valence-electron chi connectivity index (χ2n) is 6.51. The topological polar surface area (TPSA) is 35.5 Å². The Morgan fingerprint density at radius 2 is 1.11 bits per heavy atom. The van der Waals surface area contributed by atoms with Crippen LogP contribution in [0.3, 0.4) is 0 Å². The fourth-order valence-corrected chi connectivity index (χ4v) is 3.01. The highest BCUT2D eigenvalue weighted by Gasteiger charge is 2.22. The molecule has 0 heterocycles. The first kappa shape index (κ1) is 19.4. The van der Waals surface area contributed by atoms with Crippen LogP contribution in [-0.2, 0) is 4.79 Å². The molecule has 0 N–H and O–H groups in total. The molecule has 0 spiro atoms. The van der Waals surface area contributed by atoms with Gasteiger partial charge in [-0.15, -0.1) is 0 Å². The van der Waals surface area contributed by atoms with Gasteiger partial charge in [-0.1, -0.05) is 49.6 Å². The number of benzene rings is 2. The van der Waals surface area contributed by atoms with Crippen molar-refractivity contribution in [2.45, 2.75) is 12.8 Å². The molecule has 0 aliphatic heterocycles. The van der Waals surface area contributed by atoms with Crippen molar-refractivity contribution in [1.29, 1.82) is 0 Å². The predicted molar refractivity (Wildman–Crippen MR) is 114 cm³/mol. The van der Waals surface area contributed by atoms with Gasteiger partial charge in [0.25, 0.3) is 0 Å². The van der Waals surface area contributed by atoms with Gasteiger partial charge in [0.1, 0.15) is 24.7 Å². The molecule has 2 aromatic carbocycles. The van der Waals surface area contributed by atoms with Gasteiger partial charge in [0, 0.05) is 11.1 Å². The summed E-state index contributed by atoms with van der Waals surface area (Å²) in [4.78, 5) is 12.7. The highest BCUT2D eigenvalue weighted by Crippen LogP contribution is 2.30. The van der Waals surface area contributed by atoms with Crippen LogP contribution in [0.15, 0.2) is 85.0 Å². The van der Waals surface area contributed by atoms with E-state index >= 15 is 0 Å². The molecule has 0 saturated heterocycles. The van der Waals surface area contributed by atoms with Gasteiger partial charge in [0.05, 0.1) is 0 Å². The number of hydrogen-bond donors (Lipinski definition) is 0. The van der Waals surface area contributed by atoms with Crippen LogP contribution >= 0.6 is 0 Å². The quantitative estimate of drug-likeness (QED) is 0.444. The summed E-state index contributed by atoms with van der Waals surface area (Å²) in [6, 6.07) is 15.5. The average Bonchev–Trinajstić information content (AvgIpc) is 3.06. The van der Waals surface area contributed by atoms with Crippen molar-refractivity contribution >= 4 is 17.9 Å². The molecule has 3 nitrogen and oxygen atoms in total. The Morgan fingerprint density at radius 1 is 0.714 bits per heavy atom. The van der Waals surface area contributed by atoms with Gasteiger partial charge in [0.15, 0.2) is 5.78 Å². The lowest BCUT2D eigenvalue weighted by molar-refractivity contribution is -0.111. The number of hydrogen-bond acceptors (Lipinski definition) is 3. The Morgan fingerprint density at radius 3 is 1.46 bits per heavy atom. The molecule has 1 fully saturated rings. The minimum absolute atomic E-state index is 0.124. The van der Waals surface area contributed by atoms with Crippen molar-refractivity contribution in [3.8, 4) is 11.5 Å². The summed E-state index contributed by atoms with van der Waals surface area (Å²) >= 11 is 0. The molecule has 2 aromatic rings. The number of carbonyl (C=O) groups excluding carboxylic acids is 1. The maximum atomic E-state index is 12.7. The number of ketones is 1. The highest BCUT2D eigenvalue weighted by atomic mass is 16.5. The number of rotatable bonds is 8. The minimum atomic E-state index is 0.124. The van der Waals surface area contributed by atoms with E-state index in [-0.39, 0.29) is 5.78 Å². The Balaban J connectivity index is 1.68. The molecule has 0 bridgehead atoms. The third-order valence-electron chi connectivity index (χ3n) is 4.42. The van der Waals surface area contributed by atoms with Gasteiger partial charge < -0.3 is 9.47 Å². The van der Waals surface area contributed by atoms with Crippen molar-refractivity contribution in [1.82, 2.24) is 0 Å². The lowest BCUT2D eigenvalue weighted by atomic mass is 10.1. The van der Waals surface area contributed by atoms with E-state index in [1.165, 1.54) is 0 Å². The lowest BCUT2D eigenvalue weighted by Gasteiger charge is -2.04. The molecule has 28 heavy (non-hydrogen) atoms. The van der Waals surface area contributed by atoms with E-state index in [1.54, 1.807) is 12.2 Å². The van der Waals surface area contributed by atoms with E-state index in [9.17, 15) is 4.79 Å². The summed E-state index contributed by atoms with van der Waals surface area (Å²) < 4.78 is 11.0. The molecular weight excluding hydrogens is 348 g/mol. The third kappa shape index (κ3) is 5.10. The molecule has 0 atom stereocenters. The molecule has 1 aliphatic carbocycles. The first-order valence-electron chi connectivity index (χ1n) is 9.33. The maximum absolute atomic E-state index is 12.7. The van der Waals surface area contributed by atoms with Crippen LogP contribution in [0.25, 0.3) is 12.2 Å². The van der Waals surface area contributed by atoms with E-state index in [0.717, 1.165) is 46.6 Å². The van der Waals surface area contributed by atoms with Crippen molar-refractivity contribution < 1.29 is 14.3 Å². The van der Waals surface area contributed by atoms with Crippen molar-refractivity contribution in [3.63, 3.8) is 0 Å². The summed E-state index contributed by atoms with van der Waals surface area (Å²) in [5.74, 6) is 1.71. The van der Waals surface area contributed by atoms with Crippen LogP contribution in [0.1, 0.15) is 24.0 Å². The van der Waals surface area contributed by atoms with Gasteiger partial charge in [-0.3, -0.25) is 4.79 Å². The highest BCUT2D eigenvalue weighted by molar-refractivity contribution is 6.15. The van der Waals surface area contributed by atoms with Crippen molar-refractivity contribution in [2.75, 3.05) is 13.2 Å². The zero-order valence-electron chi connectivity index (χ0n) is 15.9. The second kappa shape index (κ2) is 9.56. The van der Waals surface area contributed by atoms with Gasteiger partial charge in [-0.25, -0.2) is 0 Å². The molecule has 1 aliphatic rings. The summed E-state index contributed by atoms with van der Waals surface area (Å²) in [6.07, 6.45) is 8.88. The summed E-state index contributed by atoms with van der Waals surface area (Å²) in [5.41, 5.74) is 3.69. The van der Waals surface area contributed by atoms with Gasteiger partial charge >= 0.3 is 0 Å². The zero-order chi connectivity index (χ0) is 19.8. The third-order valence-corrected chi connectivity index (χ3v) is 4.42. The summed E-state index contributed by atoms with van der Waals surface area (Å²) in [5, 5.41) is 0. The standard InChI is InChI=1S/C25H24O3/c1-3-15-27-23-11-5-19(6-12-23)17-21-9-10-22(25(21)26)18-20-7-13-24(14-8-20)28-16-4-2/h3-8,11-14,17-18H,1-2,9-10,15-16H2/b21-17+,22-18+. The fourth-order valence-electron chi connectivity index (χ4n) is 3.01. The monoisotopic (exact) mass is 372 g/mol. The minimum Gasteiger partial charge on any atom is -0.490 e. The van der Waals surface area contributed by atoms with Crippen LogP contribution in [0, 0.1) is 0 Å². The van der Waals surface area contributed by atoms with Crippen LogP contribution < -0.4 is 9.47 Å². The Kier molecular flexibility index (Phi) is 6.64. The molecule has 3 heteroatoms. The number of allylic oxidation sites excluding steroid dienone is 2. The van der Waals surface area contributed by atoms with E-state index in [2.05, 4.69) is 13.2 Å². The van der Waals surface area contributed by atoms with Crippen LogP contribution in [0.5, 0.6) is 11.5 Å². The molecule has 0 radical (unpaired) electrons. The maximum Gasteiger partial charge on any atom is 0.185 e. The smallest absolute Gasteiger partial charge is 0.185 e. The molecule has 0 amide bonds. The molecule has 3 rings (SSSR count). The first-order valence-corrected chi connectivity index (χ1v) is 9.33. The van der Waals surface area contributed by atoms with E-state index < -0.39 is 0 Å². The average molecular weight is 372 g/mol. The Bertz CT molecular complexity index is 824. The zero-order valence-corrected chi connectivity index (χ0v) is 15.9. The number of carbonyl (C=O) groups is 1. The van der Waals surface area contributed by atoms with Gasteiger partial charge in [-0.05, 0) is 60.4 Å². The normalized spacial score (nSPS) is 16.4. The molecular formula is C25H24O3. The Labute approximate surface area is 166 Å². The van der Waals surface area contributed by atoms with Crippen LogP contribution in [0.4, 0.5) is 0 Å².